The Balaban J connectivity index is 1.78. The van der Waals surface area contributed by atoms with Crippen LogP contribution in [0.25, 0.3) is 6.08 Å². The van der Waals surface area contributed by atoms with Gasteiger partial charge in [0.1, 0.15) is 0 Å². The maximum absolute atomic E-state index is 12.4. The molecule has 2 saturated heterocycles. The zero-order chi connectivity index (χ0) is 16.2. The summed E-state index contributed by atoms with van der Waals surface area (Å²) < 4.78 is 0. The van der Waals surface area contributed by atoms with Crippen molar-refractivity contribution in [2.75, 3.05) is 31.1 Å². The number of anilines is 1. The molecule has 2 aliphatic rings. The molecule has 0 aliphatic carbocycles. The second kappa shape index (κ2) is 7.21. The molecular weight excluding hydrogens is 306 g/mol. The number of benzene rings is 1. The molecule has 0 radical (unpaired) electrons. The van der Waals surface area contributed by atoms with Gasteiger partial charge in [0, 0.05) is 31.9 Å². The molecule has 122 valence electrons. The fraction of sp³-hybridized carbons (Fsp3) is 0.444. The molecule has 0 aromatic heterocycles. The number of carbonyl (C=O) groups is 1. The van der Waals surface area contributed by atoms with Crippen molar-refractivity contribution in [1.29, 1.82) is 0 Å². The summed E-state index contributed by atoms with van der Waals surface area (Å²) in [6.07, 6.45) is 4.54. The molecule has 2 aliphatic heterocycles. The summed E-state index contributed by atoms with van der Waals surface area (Å²) in [4.78, 5) is 21.8. The van der Waals surface area contributed by atoms with E-state index in [1.807, 2.05) is 19.9 Å². The number of hydrogen-bond donors (Lipinski definition) is 0. The van der Waals surface area contributed by atoms with Crippen LogP contribution < -0.4 is 4.90 Å². The highest BCUT2D eigenvalue weighted by Crippen LogP contribution is 2.32. The van der Waals surface area contributed by atoms with E-state index in [-0.39, 0.29) is 5.91 Å². The summed E-state index contributed by atoms with van der Waals surface area (Å²) >= 11 is 1.48. The van der Waals surface area contributed by atoms with Crippen molar-refractivity contribution in [2.24, 2.45) is 4.99 Å². The van der Waals surface area contributed by atoms with E-state index < -0.39 is 0 Å². The smallest absolute Gasteiger partial charge is 0.266 e. The number of likely N-dealkylation sites (N-methyl/N-ethyl adjacent to an activating group) is 1. The summed E-state index contributed by atoms with van der Waals surface area (Å²) in [5, 5.41) is 0.819. The summed E-state index contributed by atoms with van der Waals surface area (Å²) in [6, 6.07) is 8.50. The van der Waals surface area contributed by atoms with Gasteiger partial charge in [-0.25, -0.2) is 0 Å². The van der Waals surface area contributed by atoms with E-state index in [4.69, 9.17) is 0 Å². The van der Waals surface area contributed by atoms with Gasteiger partial charge in [-0.05, 0) is 62.2 Å². The maximum atomic E-state index is 12.4. The minimum absolute atomic E-state index is 0.0633. The fourth-order valence-electron chi connectivity index (χ4n) is 2.95. The van der Waals surface area contributed by atoms with Crippen LogP contribution in [0.2, 0.25) is 0 Å². The van der Waals surface area contributed by atoms with Crippen molar-refractivity contribution in [3.63, 3.8) is 0 Å². The van der Waals surface area contributed by atoms with Crippen molar-refractivity contribution >= 4 is 34.6 Å². The summed E-state index contributed by atoms with van der Waals surface area (Å²) in [5.41, 5.74) is 2.34. The zero-order valence-electron chi connectivity index (χ0n) is 13.8. The zero-order valence-corrected chi connectivity index (χ0v) is 14.6. The van der Waals surface area contributed by atoms with Gasteiger partial charge in [-0.15, -0.1) is 0 Å². The first-order valence-electron chi connectivity index (χ1n) is 8.33. The Morgan fingerprint density at radius 1 is 1.17 bits per heavy atom. The molecule has 0 N–H and O–H groups in total. The molecule has 5 heteroatoms. The van der Waals surface area contributed by atoms with E-state index in [2.05, 4.69) is 34.2 Å². The molecule has 0 atom stereocenters. The van der Waals surface area contributed by atoms with Crippen LogP contribution in [0, 0.1) is 0 Å². The second-order valence-corrected chi connectivity index (χ2v) is 6.71. The molecule has 1 aromatic carbocycles. The molecule has 3 rings (SSSR count). The van der Waals surface area contributed by atoms with Gasteiger partial charge >= 0.3 is 0 Å². The van der Waals surface area contributed by atoms with E-state index in [9.17, 15) is 4.79 Å². The predicted octanol–water partition coefficient (Wildman–Crippen LogP) is 3.60. The third-order valence-corrected chi connectivity index (χ3v) is 5.20. The van der Waals surface area contributed by atoms with Crippen LogP contribution in [0.15, 0.2) is 34.2 Å². The molecular formula is C18H23N3OS. The van der Waals surface area contributed by atoms with Crippen molar-refractivity contribution in [3.8, 4) is 0 Å². The quantitative estimate of drug-likeness (QED) is 0.792. The van der Waals surface area contributed by atoms with Gasteiger partial charge in [0.2, 0.25) is 0 Å². The van der Waals surface area contributed by atoms with E-state index in [0.29, 0.717) is 13.1 Å². The third kappa shape index (κ3) is 3.44. The molecule has 2 fully saturated rings. The Morgan fingerprint density at radius 3 is 2.48 bits per heavy atom. The maximum Gasteiger partial charge on any atom is 0.266 e. The largest absolute Gasteiger partial charge is 0.372 e. The Labute approximate surface area is 142 Å². The second-order valence-electron chi connectivity index (χ2n) is 5.70. The van der Waals surface area contributed by atoms with Crippen LogP contribution in [0.5, 0.6) is 0 Å². The number of carbonyl (C=O) groups excluding carboxylic acids is 1. The lowest BCUT2D eigenvalue weighted by atomic mass is 10.2. The van der Waals surface area contributed by atoms with Gasteiger partial charge in [-0.2, -0.15) is 0 Å². The van der Waals surface area contributed by atoms with E-state index in [1.165, 1.54) is 30.3 Å². The lowest BCUT2D eigenvalue weighted by Crippen LogP contribution is -2.28. The molecule has 0 spiro atoms. The van der Waals surface area contributed by atoms with Gasteiger partial charge in [0.05, 0.1) is 4.91 Å². The molecule has 0 bridgehead atoms. The Morgan fingerprint density at radius 2 is 1.87 bits per heavy atom. The van der Waals surface area contributed by atoms with Crippen molar-refractivity contribution in [1.82, 2.24) is 4.90 Å². The molecule has 23 heavy (non-hydrogen) atoms. The van der Waals surface area contributed by atoms with E-state index in [0.717, 1.165) is 28.7 Å². The van der Waals surface area contributed by atoms with Crippen LogP contribution in [0.3, 0.4) is 0 Å². The third-order valence-electron chi connectivity index (χ3n) is 4.16. The summed E-state index contributed by atoms with van der Waals surface area (Å²) in [5.74, 6) is 0.0633. The fourth-order valence-corrected chi connectivity index (χ4v) is 4.05. The number of aliphatic imine (C=N–C) groups is 1. The van der Waals surface area contributed by atoms with E-state index in [1.54, 1.807) is 4.90 Å². The Hall–Kier alpha value is -1.75. The van der Waals surface area contributed by atoms with Gasteiger partial charge in [-0.1, -0.05) is 12.1 Å². The van der Waals surface area contributed by atoms with Gasteiger partial charge in [0.15, 0.2) is 5.17 Å². The monoisotopic (exact) mass is 329 g/mol. The summed E-state index contributed by atoms with van der Waals surface area (Å²) in [6.45, 7) is 7.63. The molecule has 0 unspecified atom stereocenters. The van der Waals surface area contributed by atoms with Gasteiger partial charge in [0.25, 0.3) is 5.91 Å². The van der Waals surface area contributed by atoms with Crippen molar-refractivity contribution in [3.05, 3.63) is 34.7 Å². The van der Waals surface area contributed by atoms with Crippen LogP contribution in [0.4, 0.5) is 5.69 Å². The average molecular weight is 329 g/mol. The number of amidine groups is 1. The van der Waals surface area contributed by atoms with Crippen molar-refractivity contribution < 1.29 is 4.79 Å². The number of amides is 1. The molecule has 1 amide bonds. The highest BCUT2D eigenvalue weighted by Gasteiger charge is 2.31. The highest BCUT2D eigenvalue weighted by atomic mass is 32.2. The normalized spacial score (nSPS) is 21.9. The van der Waals surface area contributed by atoms with Crippen LogP contribution >= 0.6 is 11.8 Å². The van der Waals surface area contributed by atoms with Crippen LogP contribution in [-0.2, 0) is 4.79 Å². The molecule has 0 saturated carbocycles. The van der Waals surface area contributed by atoms with Crippen LogP contribution in [-0.4, -0.2) is 42.2 Å². The molecule has 2 heterocycles. The minimum Gasteiger partial charge on any atom is -0.372 e. The Bertz CT molecular complexity index is 630. The Kier molecular flexibility index (Phi) is 5.06. The first kappa shape index (κ1) is 16.1. The first-order chi connectivity index (χ1) is 11.2. The molecule has 4 nitrogen and oxygen atoms in total. The standard InChI is InChI=1S/C18H23N3OS/c1-3-19-18-21(4-2)17(22)16(23-18)13-14-7-9-15(10-8-14)20-11-5-6-12-20/h7-10,13H,3-6,11-12H2,1-2H3/b16-13-,19-18?. The van der Waals surface area contributed by atoms with Crippen LogP contribution in [0.1, 0.15) is 32.3 Å². The van der Waals surface area contributed by atoms with E-state index >= 15 is 0 Å². The van der Waals surface area contributed by atoms with Gasteiger partial charge in [-0.3, -0.25) is 14.7 Å². The average Bonchev–Trinajstić information content (AvgIpc) is 3.18. The number of hydrogen-bond acceptors (Lipinski definition) is 4. The van der Waals surface area contributed by atoms with Crippen molar-refractivity contribution in [2.45, 2.75) is 26.7 Å². The van der Waals surface area contributed by atoms with Gasteiger partial charge < -0.3 is 4.90 Å². The minimum atomic E-state index is 0.0633. The summed E-state index contributed by atoms with van der Waals surface area (Å²) in [7, 11) is 0. The topological polar surface area (TPSA) is 35.9 Å². The lowest BCUT2D eigenvalue weighted by molar-refractivity contribution is -0.122. The number of rotatable bonds is 4. The SMILES string of the molecule is CCN=C1S/C(=C\c2ccc(N3CCCC3)cc2)C(=O)N1CC. The highest BCUT2D eigenvalue weighted by molar-refractivity contribution is 8.18. The lowest BCUT2D eigenvalue weighted by Gasteiger charge is -2.17. The number of nitrogens with zero attached hydrogens (tertiary/aromatic N) is 3. The number of thioether (sulfide) groups is 1. The predicted molar refractivity (Wildman–Crippen MR) is 98.8 cm³/mol. The molecule has 1 aromatic rings. The first-order valence-corrected chi connectivity index (χ1v) is 9.15.